The van der Waals surface area contributed by atoms with Crippen LogP contribution < -0.4 is 5.56 Å². The standard InChI is InChI=1S/C16H13N5O2.C6H12/c1-8-13-9(7-21(2)20-13)5-10(14(8)22)15-18-6-11-12(19-15)3-4-17-16(11)23;1-2-4-6-5-3-1/h3-7,22H,1-2H3,(H,17,23);1-6H2. The number of phenolic OH excluding ortho intramolecular Hbond substituents is 1. The summed E-state index contributed by atoms with van der Waals surface area (Å²) >= 11 is 0. The van der Waals surface area contributed by atoms with Gasteiger partial charge in [0.25, 0.3) is 5.56 Å². The molecule has 7 nitrogen and oxygen atoms in total. The first kappa shape index (κ1) is 19.1. The lowest BCUT2D eigenvalue weighted by Crippen LogP contribution is -2.06. The van der Waals surface area contributed by atoms with Crippen LogP contribution in [0.3, 0.4) is 0 Å². The van der Waals surface area contributed by atoms with E-state index in [9.17, 15) is 9.90 Å². The van der Waals surface area contributed by atoms with Crippen LogP contribution in [0.15, 0.2) is 35.5 Å². The molecule has 2 N–H and O–H groups in total. The molecule has 0 bridgehead atoms. The summed E-state index contributed by atoms with van der Waals surface area (Å²) in [7, 11) is 1.83. The first-order valence-electron chi connectivity index (χ1n) is 10.1. The Morgan fingerprint density at radius 3 is 2.52 bits per heavy atom. The molecule has 1 aliphatic carbocycles. The maximum atomic E-state index is 11.7. The number of fused-ring (bicyclic) bond motifs is 2. The van der Waals surface area contributed by atoms with Crippen LogP contribution in [0.5, 0.6) is 5.75 Å². The van der Waals surface area contributed by atoms with Crippen LogP contribution in [-0.2, 0) is 7.05 Å². The molecule has 0 spiro atoms. The molecule has 0 aliphatic heterocycles. The van der Waals surface area contributed by atoms with Crippen LogP contribution in [0.1, 0.15) is 44.1 Å². The number of hydrogen-bond acceptors (Lipinski definition) is 5. The monoisotopic (exact) mass is 391 g/mol. The third kappa shape index (κ3) is 3.85. The summed E-state index contributed by atoms with van der Waals surface area (Å²) in [5, 5.41) is 16.1. The van der Waals surface area contributed by atoms with Crippen LogP contribution in [0, 0.1) is 6.92 Å². The van der Waals surface area contributed by atoms with Gasteiger partial charge >= 0.3 is 0 Å². The van der Waals surface area contributed by atoms with Gasteiger partial charge in [-0.3, -0.25) is 9.48 Å². The highest BCUT2D eigenvalue weighted by Crippen LogP contribution is 2.35. The normalized spacial score (nSPS) is 14.0. The highest BCUT2D eigenvalue weighted by atomic mass is 16.3. The molecule has 1 saturated carbocycles. The zero-order valence-electron chi connectivity index (χ0n) is 16.8. The van der Waals surface area contributed by atoms with Gasteiger partial charge in [0, 0.05) is 36.6 Å². The third-order valence-electron chi connectivity index (χ3n) is 5.38. The minimum atomic E-state index is -0.239. The fourth-order valence-corrected chi connectivity index (χ4v) is 3.77. The number of phenols is 1. The van der Waals surface area contributed by atoms with Crippen molar-refractivity contribution < 1.29 is 5.11 Å². The van der Waals surface area contributed by atoms with Crippen LogP contribution in [0.25, 0.3) is 33.2 Å². The van der Waals surface area contributed by atoms with Gasteiger partial charge < -0.3 is 10.1 Å². The van der Waals surface area contributed by atoms with Crippen LogP contribution in [0.4, 0.5) is 0 Å². The first-order valence-corrected chi connectivity index (χ1v) is 10.1. The molecule has 1 aliphatic rings. The molecule has 0 saturated heterocycles. The zero-order chi connectivity index (χ0) is 20.4. The number of pyridine rings is 1. The number of aromatic amines is 1. The highest BCUT2D eigenvalue weighted by Gasteiger charge is 2.16. The Morgan fingerprint density at radius 1 is 1.14 bits per heavy atom. The fraction of sp³-hybridized carbons (Fsp3) is 0.364. The summed E-state index contributed by atoms with van der Waals surface area (Å²) in [5.41, 5.74) is 2.23. The summed E-state index contributed by atoms with van der Waals surface area (Å²) in [6.45, 7) is 1.81. The minimum absolute atomic E-state index is 0.0976. The van der Waals surface area contributed by atoms with Gasteiger partial charge in [-0.1, -0.05) is 38.5 Å². The molecule has 0 unspecified atom stereocenters. The highest BCUT2D eigenvalue weighted by molar-refractivity contribution is 5.90. The van der Waals surface area contributed by atoms with E-state index in [1.54, 1.807) is 23.7 Å². The van der Waals surface area contributed by atoms with E-state index >= 15 is 0 Å². The van der Waals surface area contributed by atoms with Gasteiger partial charge in [0.15, 0.2) is 5.82 Å². The van der Waals surface area contributed by atoms with Crippen molar-refractivity contribution in [2.45, 2.75) is 45.4 Å². The van der Waals surface area contributed by atoms with Crippen molar-refractivity contribution in [1.29, 1.82) is 0 Å². The zero-order valence-corrected chi connectivity index (χ0v) is 16.8. The molecule has 0 amide bonds. The average Bonchev–Trinajstić information content (AvgIpc) is 3.13. The molecule has 3 heterocycles. The van der Waals surface area contributed by atoms with Gasteiger partial charge in [-0.15, -0.1) is 0 Å². The van der Waals surface area contributed by atoms with E-state index in [1.165, 1.54) is 50.9 Å². The molecule has 29 heavy (non-hydrogen) atoms. The largest absolute Gasteiger partial charge is 0.507 e. The van der Waals surface area contributed by atoms with Gasteiger partial charge in [-0.2, -0.15) is 5.10 Å². The lowest BCUT2D eigenvalue weighted by Gasteiger charge is -2.07. The second-order valence-electron chi connectivity index (χ2n) is 7.56. The second kappa shape index (κ2) is 8.03. The van der Waals surface area contributed by atoms with E-state index in [0.29, 0.717) is 27.9 Å². The predicted molar refractivity (Wildman–Crippen MR) is 114 cm³/mol. The Bertz CT molecular complexity index is 1210. The molecular weight excluding hydrogens is 366 g/mol. The van der Waals surface area contributed by atoms with E-state index in [-0.39, 0.29) is 11.3 Å². The number of benzene rings is 1. The second-order valence-corrected chi connectivity index (χ2v) is 7.56. The van der Waals surface area contributed by atoms with E-state index in [0.717, 1.165) is 10.9 Å². The van der Waals surface area contributed by atoms with Crippen molar-refractivity contribution in [2.75, 3.05) is 0 Å². The van der Waals surface area contributed by atoms with Crippen molar-refractivity contribution in [3.8, 4) is 17.1 Å². The van der Waals surface area contributed by atoms with Crippen LogP contribution in [0.2, 0.25) is 0 Å². The van der Waals surface area contributed by atoms with Crippen molar-refractivity contribution >= 4 is 21.8 Å². The maximum absolute atomic E-state index is 11.7. The molecule has 7 heteroatoms. The SMILES string of the molecule is C1CCCCC1.Cc1c(O)c(-c2ncc3c(=O)[nH]ccc3n2)cc2cn(C)nc12. The van der Waals surface area contributed by atoms with Crippen LogP contribution in [-0.4, -0.2) is 29.8 Å². The van der Waals surface area contributed by atoms with Crippen molar-refractivity contribution in [3.63, 3.8) is 0 Å². The quantitative estimate of drug-likeness (QED) is 0.506. The Labute approximate surface area is 168 Å². The van der Waals surface area contributed by atoms with E-state index < -0.39 is 0 Å². The van der Waals surface area contributed by atoms with Crippen LogP contribution >= 0.6 is 0 Å². The summed E-state index contributed by atoms with van der Waals surface area (Å²) in [6, 6.07) is 3.51. The number of aromatic nitrogens is 5. The Balaban J connectivity index is 0.000000294. The number of nitrogens with one attached hydrogen (secondary N) is 1. The number of rotatable bonds is 1. The van der Waals surface area contributed by atoms with E-state index in [1.807, 2.05) is 13.2 Å². The van der Waals surface area contributed by atoms with Crippen molar-refractivity contribution in [1.82, 2.24) is 24.7 Å². The number of aryl methyl sites for hydroxylation is 2. The smallest absolute Gasteiger partial charge is 0.258 e. The van der Waals surface area contributed by atoms with Gasteiger partial charge in [-0.05, 0) is 19.1 Å². The molecule has 150 valence electrons. The summed E-state index contributed by atoms with van der Waals surface area (Å²) in [6.07, 6.45) is 13.9. The Hall–Kier alpha value is -3.22. The van der Waals surface area contributed by atoms with Gasteiger partial charge in [0.2, 0.25) is 0 Å². The lowest BCUT2D eigenvalue weighted by atomic mass is 10.0. The van der Waals surface area contributed by atoms with Gasteiger partial charge in [0.1, 0.15) is 5.75 Å². The van der Waals surface area contributed by atoms with Gasteiger partial charge in [0.05, 0.1) is 22.0 Å². The lowest BCUT2D eigenvalue weighted by molar-refractivity contribution is 0.473. The molecule has 1 aromatic carbocycles. The maximum Gasteiger partial charge on any atom is 0.258 e. The minimum Gasteiger partial charge on any atom is -0.507 e. The molecule has 1 fully saturated rings. The molecular formula is C22H25N5O2. The Kier molecular flexibility index (Phi) is 5.29. The van der Waals surface area contributed by atoms with Crippen molar-refractivity contribution in [3.05, 3.63) is 46.6 Å². The van der Waals surface area contributed by atoms with Crippen molar-refractivity contribution in [2.24, 2.45) is 7.05 Å². The number of H-pyrrole nitrogens is 1. The number of nitrogens with zero attached hydrogens (tertiary/aromatic N) is 4. The average molecular weight is 391 g/mol. The Morgan fingerprint density at radius 2 is 1.83 bits per heavy atom. The third-order valence-corrected chi connectivity index (χ3v) is 5.38. The molecule has 0 atom stereocenters. The fourth-order valence-electron chi connectivity index (χ4n) is 3.77. The topological polar surface area (TPSA) is 96.7 Å². The number of hydrogen-bond donors (Lipinski definition) is 2. The number of aromatic hydroxyl groups is 1. The molecule has 0 radical (unpaired) electrons. The molecule has 5 rings (SSSR count). The first-order chi connectivity index (χ1) is 14.0. The molecule has 4 aromatic rings. The summed E-state index contributed by atoms with van der Waals surface area (Å²) < 4.78 is 1.70. The molecule has 3 aromatic heterocycles. The van der Waals surface area contributed by atoms with E-state index in [4.69, 9.17) is 0 Å². The van der Waals surface area contributed by atoms with Gasteiger partial charge in [-0.25, -0.2) is 9.97 Å². The summed E-state index contributed by atoms with van der Waals surface area (Å²) in [5.74, 6) is 0.467. The predicted octanol–water partition coefficient (Wildman–Crippen LogP) is 4.23. The van der Waals surface area contributed by atoms with E-state index in [2.05, 4.69) is 20.1 Å². The summed E-state index contributed by atoms with van der Waals surface area (Å²) in [4.78, 5) is 23.0.